The van der Waals surface area contributed by atoms with Gasteiger partial charge in [-0.25, -0.2) is 0 Å². The molecule has 3 unspecified atom stereocenters. The second-order valence-corrected chi connectivity index (χ2v) is 4.30. The van der Waals surface area contributed by atoms with Crippen molar-refractivity contribution in [3.63, 3.8) is 0 Å². The van der Waals surface area contributed by atoms with E-state index in [0.29, 0.717) is 12.0 Å². The van der Waals surface area contributed by atoms with Crippen molar-refractivity contribution in [3.05, 3.63) is 0 Å². The third-order valence-electron chi connectivity index (χ3n) is 3.23. The van der Waals surface area contributed by atoms with E-state index in [2.05, 4.69) is 45.8 Å². The SMILES string of the molecule is CCC1CCC(NC(=O)C#CBr)C1C. The van der Waals surface area contributed by atoms with Crippen LogP contribution in [0.25, 0.3) is 0 Å². The van der Waals surface area contributed by atoms with Crippen molar-refractivity contribution in [1.82, 2.24) is 5.32 Å². The lowest BCUT2D eigenvalue weighted by atomic mass is 9.93. The lowest BCUT2D eigenvalue weighted by Crippen LogP contribution is -2.36. The summed E-state index contributed by atoms with van der Waals surface area (Å²) >= 11 is 2.92. The molecule has 0 aromatic heterocycles. The second-order valence-electron chi connectivity index (χ2n) is 3.90. The molecule has 3 heteroatoms. The highest BCUT2D eigenvalue weighted by molar-refractivity contribution is 9.12. The summed E-state index contributed by atoms with van der Waals surface area (Å²) in [7, 11) is 0. The van der Waals surface area contributed by atoms with Gasteiger partial charge in [0, 0.05) is 27.9 Å². The summed E-state index contributed by atoms with van der Waals surface area (Å²) in [6.07, 6.45) is 3.53. The van der Waals surface area contributed by atoms with E-state index >= 15 is 0 Å². The number of halogens is 1. The van der Waals surface area contributed by atoms with Crippen molar-refractivity contribution in [2.45, 2.75) is 39.2 Å². The first-order valence-corrected chi connectivity index (χ1v) is 5.90. The normalized spacial score (nSPS) is 30.6. The molecule has 0 spiro atoms. The molecular weight excluding hydrogens is 242 g/mol. The number of hydrogen-bond donors (Lipinski definition) is 1. The maximum absolute atomic E-state index is 11.2. The molecule has 1 saturated carbocycles. The highest BCUT2D eigenvalue weighted by Crippen LogP contribution is 2.33. The molecule has 0 aromatic carbocycles. The zero-order chi connectivity index (χ0) is 10.6. The smallest absolute Gasteiger partial charge is 0.296 e. The standard InChI is InChI=1S/C11H16BrNO/c1-3-9-4-5-10(8(9)2)13-11(14)6-7-12/h8-10H,3-5H2,1-2H3,(H,13,14). The van der Waals surface area contributed by atoms with Crippen LogP contribution in [0.3, 0.4) is 0 Å². The summed E-state index contributed by atoms with van der Waals surface area (Å²) in [4.78, 5) is 13.7. The average Bonchev–Trinajstić information content (AvgIpc) is 2.48. The van der Waals surface area contributed by atoms with Crippen LogP contribution >= 0.6 is 15.9 Å². The molecule has 1 rings (SSSR count). The Labute approximate surface area is 94.0 Å². The molecule has 0 aliphatic heterocycles. The lowest BCUT2D eigenvalue weighted by Gasteiger charge is -2.19. The fourth-order valence-corrected chi connectivity index (χ4v) is 2.45. The summed E-state index contributed by atoms with van der Waals surface area (Å²) in [5.41, 5.74) is 0. The van der Waals surface area contributed by atoms with E-state index in [4.69, 9.17) is 0 Å². The highest BCUT2D eigenvalue weighted by Gasteiger charge is 2.31. The summed E-state index contributed by atoms with van der Waals surface area (Å²) in [5.74, 6) is 3.62. The minimum Gasteiger partial charge on any atom is -0.342 e. The minimum atomic E-state index is -0.171. The summed E-state index contributed by atoms with van der Waals surface area (Å²) in [6.45, 7) is 4.43. The Kier molecular flexibility index (Phi) is 4.47. The van der Waals surface area contributed by atoms with E-state index < -0.39 is 0 Å². The number of hydrogen-bond acceptors (Lipinski definition) is 1. The zero-order valence-electron chi connectivity index (χ0n) is 8.64. The molecule has 2 nitrogen and oxygen atoms in total. The van der Waals surface area contributed by atoms with E-state index in [1.54, 1.807) is 0 Å². The minimum absolute atomic E-state index is 0.171. The third kappa shape index (κ3) is 2.75. The molecule has 78 valence electrons. The molecular formula is C11H16BrNO. The van der Waals surface area contributed by atoms with Gasteiger partial charge < -0.3 is 5.32 Å². The van der Waals surface area contributed by atoms with Crippen molar-refractivity contribution >= 4 is 21.8 Å². The lowest BCUT2D eigenvalue weighted by molar-refractivity contribution is -0.116. The molecule has 0 radical (unpaired) electrons. The van der Waals surface area contributed by atoms with Crippen LogP contribution in [0.15, 0.2) is 0 Å². The Morgan fingerprint density at radius 1 is 1.57 bits per heavy atom. The molecule has 1 aliphatic carbocycles. The predicted molar refractivity (Wildman–Crippen MR) is 60.8 cm³/mol. The molecule has 3 atom stereocenters. The second kappa shape index (κ2) is 5.41. The van der Waals surface area contributed by atoms with Crippen LogP contribution in [0.4, 0.5) is 0 Å². The molecule has 0 saturated heterocycles. The third-order valence-corrected chi connectivity index (χ3v) is 3.43. The van der Waals surface area contributed by atoms with Crippen LogP contribution in [0.2, 0.25) is 0 Å². The van der Waals surface area contributed by atoms with Crippen LogP contribution in [-0.4, -0.2) is 11.9 Å². The highest BCUT2D eigenvalue weighted by atomic mass is 79.9. The van der Waals surface area contributed by atoms with Gasteiger partial charge in [0.2, 0.25) is 0 Å². The molecule has 1 aliphatic rings. The van der Waals surface area contributed by atoms with Gasteiger partial charge in [-0.05, 0) is 29.5 Å². The topological polar surface area (TPSA) is 29.1 Å². The molecule has 0 aromatic rings. The number of amides is 1. The van der Waals surface area contributed by atoms with Gasteiger partial charge in [-0.3, -0.25) is 4.79 Å². The Hall–Kier alpha value is -0.490. The first-order chi connectivity index (χ1) is 6.69. The molecule has 0 bridgehead atoms. The van der Waals surface area contributed by atoms with Crippen molar-refractivity contribution in [2.75, 3.05) is 0 Å². The van der Waals surface area contributed by atoms with Gasteiger partial charge in [0.1, 0.15) is 0 Å². The summed E-state index contributed by atoms with van der Waals surface area (Å²) in [5, 5.41) is 2.95. The van der Waals surface area contributed by atoms with Gasteiger partial charge in [0.15, 0.2) is 0 Å². The van der Waals surface area contributed by atoms with E-state index in [1.165, 1.54) is 12.8 Å². The quantitative estimate of drug-likeness (QED) is 0.756. The largest absolute Gasteiger partial charge is 0.342 e. The van der Waals surface area contributed by atoms with Crippen molar-refractivity contribution in [2.24, 2.45) is 11.8 Å². The van der Waals surface area contributed by atoms with E-state index in [1.807, 2.05) is 0 Å². The van der Waals surface area contributed by atoms with Gasteiger partial charge in [-0.1, -0.05) is 20.3 Å². The maximum Gasteiger partial charge on any atom is 0.296 e. The summed E-state index contributed by atoms with van der Waals surface area (Å²) < 4.78 is 0. The van der Waals surface area contributed by atoms with Crippen LogP contribution in [0, 0.1) is 22.6 Å². The van der Waals surface area contributed by atoms with Crippen molar-refractivity contribution in [3.8, 4) is 10.8 Å². The molecule has 1 fully saturated rings. The molecule has 1 amide bonds. The van der Waals surface area contributed by atoms with Gasteiger partial charge in [0.05, 0.1) is 0 Å². The van der Waals surface area contributed by atoms with Crippen LogP contribution in [-0.2, 0) is 4.79 Å². The van der Waals surface area contributed by atoms with Gasteiger partial charge in [-0.15, -0.1) is 0 Å². The Morgan fingerprint density at radius 2 is 2.29 bits per heavy atom. The fourth-order valence-electron chi connectivity index (χ4n) is 2.27. The van der Waals surface area contributed by atoms with Crippen LogP contribution in [0.1, 0.15) is 33.1 Å². The summed E-state index contributed by atoms with van der Waals surface area (Å²) in [6, 6.07) is 0.320. The Bertz CT molecular complexity index is 266. The van der Waals surface area contributed by atoms with E-state index in [0.717, 1.165) is 12.3 Å². The zero-order valence-corrected chi connectivity index (χ0v) is 10.2. The molecule has 14 heavy (non-hydrogen) atoms. The van der Waals surface area contributed by atoms with E-state index in [9.17, 15) is 4.79 Å². The number of rotatable bonds is 2. The molecule has 1 N–H and O–H groups in total. The number of carbonyl (C=O) groups excluding carboxylic acids is 1. The number of carbonyl (C=O) groups is 1. The van der Waals surface area contributed by atoms with E-state index in [-0.39, 0.29) is 5.91 Å². The van der Waals surface area contributed by atoms with Crippen molar-refractivity contribution in [1.29, 1.82) is 0 Å². The van der Waals surface area contributed by atoms with Crippen molar-refractivity contribution < 1.29 is 4.79 Å². The first-order valence-electron chi connectivity index (χ1n) is 5.11. The van der Waals surface area contributed by atoms with Gasteiger partial charge in [-0.2, -0.15) is 0 Å². The van der Waals surface area contributed by atoms with Gasteiger partial charge >= 0.3 is 0 Å². The van der Waals surface area contributed by atoms with Crippen LogP contribution in [0.5, 0.6) is 0 Å². The average molecular weight is 258 g/mol. The van der Waals surface area contributed by atoms with Crippen LogP contribution < -0.4 is 5.32 Å². The fraction of sp³-hybridized carbons (Fsp3) is 0.727. The number of nitrogens with one attached hydrogen (secondary N) is 1. The predicted octanol–water partition coefficient (Wildman–Crippen LogP) is 2.28. The first kappa shape index (κ1) is 11.6. The van der Waals surface area contributed by atoms with Gasteiger partial charge in [0.25, 0.3) is 5.91 Å². The maximum atomic E-state index is 11.2. The Morgan fingerprint density at radius 3 is 2.79 bits per heavy atom. The molecule has 0 heterocycles. The monoisotopic (exact) mass is 257 g/mol. The Balaban J connectivity index is 2.46.